The Morgan fingerprint density at radius 1 is 1.35 bits per heavy atom. The molecule has 3 rings (SSSR count). The van der Waals surface area contributed by atoms with E-state index in [2.05, 4.69) is 0 Å². The number of ether oxygens (including phenoxy) is 3. The average molecular weight is 319 g/mol. The Hall–Kier alpha value is -2.24. The van der Waals surface area contributed by atoms with E-state index in [0.29, 0.717) is 19.7 Å². The lowest BCUT2D eigenvalue weighted by Crippen LogP contribution is -2.25. The van der Waals surface area contributed by atoms with Gasteiger partial charge in [-0.05, 0) is 31.0 Å². The highest BCUT2D eigenvalue weighted by Crippen LogP contribution is 2.45. The number of rotatable bonds is 6. The second-order valence-corrected chi connectivity index (χ2v) is 5.91. The molecule has 23 heavy (non-hydrogen) atoms. The lowest BCUT2D eigenvalue weighted by molar-refractivity contribution is -0.145. The van der Waals surface area contributed by atoms with Crippen LogP contribution in [0.5, 0.6) is 5.75 Å². The van der Waals surface area contributed by atoms with E-state index >= 15 is 0 Å². The second kappa shape index (κ2) is 6.48. The van der Waals surface area contributed by atoms with Crippen molar-refractivity contribution in [2.24, 2.45) is 11.8 Å². The molecule has 1 heterocycles. The summed E-state index contributed by atoms with van der Waals surface area (Å²) < 4.78 is 15.6. The van der Waals surface area contributed by atoms with Crippen LogP contribution >= 0.6 is 0 Å². The maximum Gasteiger partial charge on any atom is 0.410 e. The van der Waals surface area contributed by atoms with E-state index in [4.69, 9.17) is 14.2 Å². The van der Waals surface area contributed by atoms with Gasteiger partial charge in [0, 0.05) is 12.5 Å². The molecule has 1 saturated heterocycles. The second-order valence-electron chi connectivity index (χ2n) is 5.91. The van der Waals surface area contributed by atoms with Gasteiger partial charge in [0.25, 0.3) is 0 Å². The van der Waals surface area contributed by atoms with Gasteiger partial charge in [0.1, 0.15) is 11.9 Å². The van der Waals surface area contributed by atoms with Crippen molar-refractivity contribution in [3.63, 3.8) is 0 Å². The Morgan fingerprint density at radius 3 is 2.74 bits per heavy atom. The lowest BCUT2D eigenvalue weighted by Gasteiger charge is -2.13. The number of carbonyl (C=O) groups is 2. The van der Waals surface area contributed by atoms with E-state index in [0.717, 1.165) is 17.7 Å². The number of carbonyl (C=O) groups excluding carboxylic acids is 2. The minimum Gasteiger partial charge on any atom is -0.497 e. The van der Waals surface area contributed by atoms with E-state index in [1.807, 2.05) is 24.3 Å². The number of hydrogen-bond acceptors (Lipinski definition) is 5. The number of amides is 1. The zero-order valence-electron chi connectivity index (χ0n) is 13.4. The van der Waals surface area contributed by atoms with Crippen molar-refractivity contribution in [2.45, 2.75) is 26.0 Å². The van der Waals surface area contributed by atoms with Gasteiger partial charge in [0.2, 0.25) is 0 Å². The summed E-state index contributed by atoms with van der Waals surface area (Å²) in [6.07, 6.45) is 0.211. The van der Waals surface area contributed by atoms with Crippen molar-refractivity contribution < 1.29 is 23.8 Å². The molecule has 1 aromatic rings. The van der Waals surface area contributed by atoms with Crippen LogP contribution in [-0.2, 0) is 20.8 Å². The summed E-state index contributed by atoms with van der Waals surface area (Å²) in [5.41, 5.74) is 1.01. The van der Waals surface area contributed by atoms with Crippen molar-refractivity contribution in [1.29, 1.82) is 0 Å². The summed E-state index contributed by atoms with van der Waals surface area (Å²) in [4.78, 5) is 25.4. The minimum absolute atomic E-state index is 0.0962. The summed E-state index contributed by atoms with van der Waals surface area (Å²) in [7, 11) is 1.62. The molecule has 0 aromatic heterocycles. The first kappa shape index (κ1) is 15.6. The Morgan fingerprint density at radius 2 is 2.09 bits per heavy atom. The molecule has 1 amide bonds. The molecule has 1 aromatic carbocycles. The Labute approximate surface area is 135 Å². The number of esters is 1. The summed E-state index contributed by atoms with van der Waals surface area (Å²) in [5, 5.41) is 0. The standard InChI is InChI=1S/C17H21NO5/c1-3-22-16(19)14-8-13(14)15-10-18(17(20)23-15)9-11-4-6-12(21-2)7-5-11/h4-7,13-15H,3,8-10H2,1-2H3/t13-,14-,15?/m1/s1. The third-order valence-electron chi connectivity index (χ3n) is 4.35. The van der Waals surface area contributed by atoms with Gasteiger partial charge in [-0.3, -0.25) is 4.79 Å². The highest BCUT2D eigenvalue weighted by Gasteiger charge is 2.53. The normalized spacial score (nSPS) is 25.9. The Balaban J connectivity index is 1.55. The molecule has 3 atom stereocenters. The minimum atomic E-state index is -0.319. The Kier molecular flexibility index (Phi) is 4.41. The van der Waals surface area contributed by atoms with Crippen molar-refractivity contribution in [3.05, 3.63) is 29.8 Å². The Bertz CT molecular complexity index is 585. The molecule has 0 bridgehead atoms. The first-order valence-corrected chi connectivity index (χ1v) is 7.87. The fourth-order valence-electron chi connectivity index (χ4n) is 2.98. The molecule has 124 valence electrons. The van der Waals surface area contributed by atoms with E-state index in [-0.39, 0.29) is 30.0 Å². The molecule has 6 heteroatoms. The molecule has 2 aliphatic rings. The molecule has 2 fully saturated rings. The van der Waals surface area contributed by atoms with Crippen LogP contribution < -0.4 is 4.74 Å². The third-order valence-corrected chi connectivity index (χ3v) is 4.35. The number of methoxy groups -OCH3 is 1. The number of cyclic esters (lactones) is 1. The molecule has 0 radical (unpaired) electrons. The quantitative estimate of drug-likeness (QED) is 0.752. The largest absolute Gasteiger partial charge is 0.497 e. The molecular weight excluding hydrogens is 298 g/mol. The third kappa shape index (κ3) is 3.41. The molecule has 1 saturated carbocycles. The van der Waals surface area contributed by atoms with Gasteiger partial charge in [0.05, 0.1) is 26.2 Å². The van der Waals surface area contributed by atoms with E-state index < -0.39 is 0 Å². The number of hydrogen-bond donors (Lipinski definition) is 0. The van der Waals surface area contributed by atoms with E-state index in [9.17, 15) is 9.59 Å². The van der Waals surface area contributed by atoms with Crippen LogP contribution in [0.25, 0.3) is 0 Å². The molecule has 1 aliphatic heterocycles. The van der Waals surface area contributed by atoms with Crippen molar-refractivity contribution in [3.8, 4) is 5.75 Å². The predicted octanol–water partition coefficient (Wildman–Crippen LogP) is 2.22. The van der Waals surface area contributed by atoms with Crippen LogP contribution in [0.2, 0.25) is 0 Å². The monoisotopic (exact) mass is 319 g/mol. The van der Waals surface area contributed by atoms with Crippen molar-refractivity contribution >= 4 is 12.1 Å². The van der Waals surface area contributed by atoms with Crippen LogP contribution in [0, 0.1) is 11.8 Å². The topological polar surface area (TPSA) is 65.1 Å². The predicted molar refractivity (Wildman–Crippen MR) is 81.9 cm³/mol. The van der Waals surface area contributed by atoms with E-state index in [1.165, 1.54) is 0 Å². The fraction of sp³-hybridized carbons (Fsp3) is 0.529. The van der Waals surface area contributed by atoms with Gasteiger partial charge in [-0.1, -0.05) is 12.1 Å². The first-order valence-electron chi connectivity index (χ1n) is 7.87. The summed E-state index contributed by atoms with van der Waals surface area (Å²) in [6.45, 7) is 3.19. The highest BCUT2D eigenvalue weighted by atomic mass is 16.6. The van der Waals surface area contributed by atoms with Crippen molar-refractivity contribution in [1.82, 2.24) is 4.90 Å². The van der Waals surface area contributed by atoms with Gasteiger partial charge in [-0.15, -0.1) is 0 Å². The number of benzene rings is 1. The van der Waals surface area contributed by atoms with Crippen LogP contribution in [0.3, 0.4) is 0 Å². The van der Waals surface area contributed by atoms with Crippen molar-refractivity contribution in [2.75, 3.05) is 20.3 Å². The SMILES string of the molecule is CCOC(=O)[C@@H]1C[C@H]1C1CN(Cc2ccc(OC)cc2)C(=O)O1. The summed E-state index contributed by atoms with van der Waals surface area (Å²) in [5.74, 6) is 0.584. The van der Waals surface area contributed by atoms with Gasteiger partial charge < -0.3 is 19.1 Å². The molecule has 1 unspecified atom stereocenters. The van der Waals surface area contributed by atoms with Crippen LogP contribution in [0.4, 0.5) is 4.79 Å². The van der Waals surface area contributed by atoms with E-state index in [1.54, 1.807) is 18.9 Å². The van der Waals surface area contributed by atoms with Gasteiger partial charge >= 0.3 is 12.1 Å². The van der Waals surface area contributed by atoms with Gasteiger partial charge in [0.15, 0.2) is 0 Å². The van der Waals surface area contributed by atoms with Crippen LogP contribution in [0.15, 0.2) is 24.3 Å². The molecule has 1 aliphatic carbocycles. The van der Waals surface area contributed by atoms with Gasteiger partial charge in [-0.25, -0.2) is 4.79 Å². The molecule has 6 nitrogen and oxygen atoms in total. The molecule has 0 N–H and O–H groups in total. The highest BCUT2D eigenvalue weighted by molar-refractivity contribution is 5.76. The summed E-state index contributed by atoms with van der Waals surface area (Å²) in [6, 6.07) is 7.59. The zero-order chi connectivity index (χ0) is 16.4. The first-order chi connectivity index (χ1) is 11.1. The van der Waals surface area contributed by atoms with Crippen LogP contribution in [-0.4, -0.2) is 43.3 Å². The molecule has 0 spiro atoms. The zero-order valence-corrected chi connectivity index (χ0v) is 13.4. The fourth-order valence-corrected chi connectivity index (χ4v) is 2.98. The van der Waals surface area contributed by atoms with Gasteiger partial charge in [-0.2, -0.15) is 0 Å². The number of nitrogens with zero attached hydrogens (tertiary/aromatic N) is 1. The maximum atomic E-state index is 12.0. The maximum absolute atomic E-state index is 12.0. The summed E-state index contributed by atoms with van der Waals surface area (Å²) >= 11 is 0. The average Bonchev–Trinajstić information content (AvgIpc) is 3.28. The molecular formula is C17H21NO5. The lowest BCUT2D eigenvalue weighted by atomic mass is 10.1. The van der Waals surface area contributed by atoms with Crippen LogP contribution in [0.1, 0.15) is 18.9 Å². The smallest absolute Gasteiger partial charge is 0.410 e.